The number of rotatable bonds is 4. The third kappa shape index (κ3) is 3.69. The van der Waals surface area contributed by atoms with Crippen LogP contribution >= 0.6 is 0 Å². The zero-order chi connectivity index (χ0) is 13.9. The summed E-state index contributed by atoms with van der Waals surface area (Å²) in [6, 6.07) is 4.51. The Labute approximate surface area is 117 Å². The maximum atomic E-state index is 5.81. The highest BCUT2D eigenvalue weighted by Crippen LogP contribution is 2.35. The first kappa shape index (κ1) is 14.3. The summed E-state index contributed by atoms with van der Waals surface area (Å²) in [4.78, 5) is 7.01. The van der Waals surface area contributed by atoms with Gasteiger partial charge in [-0.05, 0) is 43.2 Å². The van der Waals surface area contributed by atoms with Gasteiger partial charge < -0.3 is 10.6 Å². The van der Waals surface area contributed by atoms with E-state index in [-0.39, 0.29) is 6.04 Å². The molecule has 1 atom stereocenters. The van der Waals surface area contributed by atoms with Crippen molar-refractivity contribution in [3.8, 4) is 0 Å². The summed E-state index contributed by atoms with van der Waals surface area (Å²) in [5.41, 5.74) is 7.58. The summed E-state index contributed by atoms with van der Waals surface area (Å²) in [7, 11) is 0. The van der Waals surface area contributed by atoms with Crippen LogP contribution in [0.25, 0.3) is 0 Å². The van der Waals surface area contributed by atoms with Crippen molar-refractivity contribution in [1.29, 1.82) is 0 Å². The summed E-state index contributed by atoms with van der Waals surface area (Å²) in [6.07, 6.45) is 6.70. The summed E-state index contributed by atoms with van der Waals surface area (Å²) >= 11 is 0. The average molecular weight is 261 g/mol. The Kier molecular flexibility index (Phi) is 4.46. The fourth-order valence-corrected chi connectivity index (χ4v) is 2.73. The predicted molar refractivity (Wildman–Crippen MR) is 81.4 cm³/mol. The van der Waals surface area contributed by atoms with Gasteiger partial charge in [-0.25, -0.2) is 4.98 Å². The lowest BCUT2D eigenvalue weighted by atomic mass is 9.78. The largest absolute Gasteiger partial charge is 0.357 e. The van der Waals surface area contributed by atoms with Crippen LogP contribution in [0.5, 0.6) is 0 Å². The monoisotopic (exact) mass is 261 g/mol. The summed E-state index contributed by atoms with van der Waals surface area (Å²) < 4.78 is 0. The molecule has 1 aliphatic rings. The van der Waals surface area contributed by atoms with E-state index >= 15 is 0 Å². The third-order valence-electron chi connectivity index (χ3n) is 4.51. The minimum atomic E-state index is 0.202. The zero-order valence-corrected chi connectivity index (χ0v) is 12.5. The first-order valence-electron chi connectivity index (χ1n) is 7.48. The lowest BCUT2D eigenvalue weighted by Crippen LogP contribution is -2.38. The Morgan fingerprint density at radius 3 is 2.53 bits per heavy atom. The molecule has 1 aliphatic heterocycles. The van der Waals surface area contributed by atoms with Crippen molar-refractivity contribution in [3.63, 3.8) is 0 Å². The van der Waals surface area contributed by atoms with E-state index in [2.05, 4.69) is 35.9 Å². The van der Waals surface area contributed by atoms with Gasteiger partial charge in [-0.3, -0.25) is 0 Å². The Bertz CT molecular complexity index is 389. The van der Waals surface area contributed by atoms with E-state index in [1.165, 1.54) is 24.8 Å². The van der Waals surface area contributed by atoms with Gasteiger partial charge in [-0.15, -0.1) is 0 Å². The molecule has 0 aromatic carbocycles. The second-order valence-electron chi connectivity index (χ2n) is 6.36. The highest BCUT2D eigenvalue weighted by molar-refractivity contribution is 5.40. The van der Waals surface area contributed by atoms with Crippen LogP contribution in [0.3, 0.4) is 0 Å². The summed E-state index contributed by atoms with van der Waals surface area (Å²) in [5.74, 6) is 1.12. The Morgan fingerprint density at radius 2 is 2.05 bits per heavy atom. The number of anilines is 1. The first-order chi connectivity index (χ1) is 9.02. The molecule has 19 heavy (non-hydrogen) atoms. The van der Waals surface area contributed by atoms with Crippen molar-refractivity contribution < 1.29 is 0 Å². The molecule has 0 spiro atoms. The average Bonchev–Trinajstić information content (AvgIpc) is 2.40. The molecule has 1 aromatic heterocycles. The summed E-state index contributed by atoms with van der Waals surface area (Å²) in [6.45, 7) is 9.00. The van der Waals surface area contributed by atoms with E-state index in [1.807, 2.05) is 13.1 Å². The van der Waals surface area contributed by atoms with Gasteiger partial charge in [0.15, 0.2) is 0 Å². The van der Waals surface area contributed by atoms with Gasteiger partial charge in [0, 0.05) is 25.3 Å². The van der Waals surface area contributed by atoms with Crippen LogP contribution in [-0.2, 0) is 6.42 Å². The maximum Gasteiger partial charge on any atom is 0.128 e. The van der Waals surface area contributed by atoms with E-state index < -0.39 is 0 Å². The van der Waals surface area contributed by atoms with E-state index in [4.69, 9.17) is 5.73 Å². The van der Waals surface area contributed by atoms with Gasteiger partial charge >= 0.3 is 0 Å². The van der Waals surface area contributed by atoms with Gasteiger partial charge in [0.1, 0.15) is 5.82 Å². The predicted octanol–water partition coefficient (Wildman–Crippen LogP) is 2.99. The van der Waals surface area contributed by atoms with Crippen LogP contribution in [0.4, 0.5) is 5.82 Å². The Morgan fingerprint density at radius 1 is 1.37 bits per heavy atom. The molecular weight excluding hydrogens is 234 g/mol. The van der Waals surface area contributed by atoms with Crippen molar-refractivity contribution in [2.45, 2.75) is 52.5 Å². The molecule has 2 rings (SSSR count). The molecule has 0 radical (unpaired) electrons. The molecule has 3 nitrogen and oxygen atoms in total. The van der Waals surface area contributed by atoms with Gasteiger partial charge in [0.2, 0.25) is 0 Å². The number of nitrogens with zero attached hydrogens (tertiary/aromatic N) is 2. The van der Waals surface area contributed by atoms with E-state index in [0.717, 1.165) is 25.3 Å². The highest BCUT2D eigenvalue weighted by Gasteiger charge is 2.28. The number of pyridine rings is 1. The quantitative estimate of drug-likeness (QED) is 0.906. The van der Waals surface area contributed by atoms with Crippen molar-refractivity contribution in [1.82, 2.24) is 4.98 Å². The lowest BCUT2D eigenvalue weighted by molar-refractivity contribution is 0.238. The molecule has 0 amide bonds. The fraction of sp³-hybridized carbons (Fsp3) is 0.688. The van der Waals surface area contributed by atoms with Crippen molar-refractivity contribution in [2.75, 3.05) is 18.0 Å². The van der Waals surface area contributed by atoms with Crippen molar-refractivity contribution in [2.24, 2.45) is 11.1 Å². The molecule has 1 unspecified atom stereocenters. The second-order valence-corrected chi connectivity index (χ2v) is 6.36. The number of piperidine rings is 1. The molecule has 2 heterocycles. The topological polar surface area (TPSA) is 42.1 Å². The van der Waals surface area contributed by atoms with Crippen molar-refractivity contribution in [3.05, 3.63) is 23.9 Å². The molecule has 0 bridgehead atoms. The normalized spacial score (nSPS) is 20.3. The highest BCUT2D eigenvalue weighted by atomic mass is 15.2. The number of nitrogens with two attached hydrogens (primary N) is 1. The second kappa shape index (κ2) is 5.91. The van der Waals surface area contributed by atoms with Crippen LogP contribution < -0.4 is 10.6 Å². The molecule has 0 saturated carbocycles. The van der Waals surface area contributed by atoms with Crippen LogP contribution in [0.1, 0.15) is 45.6 Å². The standard InChI is InChI=1S/C16H27N3/c1-4-16(3)7-9-19(10-8-16)15-6-5-14(12-18-15)11-13(2)17/h5-6,12-13H,4,7-11,17H2,1-3H3. The number of aromatic nitrogens is 1. The molecule has 1 saturated heterocycles. The van der Waals surface area contributed by atoms with Gasteiger partial charge in [0.25, 0.3) is 0 Å². The number of hydrogen-bond acceptors (Lipinski definition) is 3. The minimum Gasteiger partial charge on any atom is -0.357 e. The molecular formula is C16H27N3. The smallest absolute Gasteiger partial charge is 0.128 e. The van der Waals surface area contributed by atoms with E-state index in [9.17, 15) is 0 Å². The van der Waals surface area contributed by atoms with Crippen LogP contribution in [-0.4, -0.2) is 24.1 Å². The Balaban J connectivity index is 1.96. The summed E-state index contributed by atoms with van der Waals surface area (Å²) in [5, 5.41) is 0. The van der Waals surface area contributed by atoms with Gasteiger partial charge in [-0.2, -0.15) is 0 Å². The SMILES string of the molecule is CCC1(C)CCN(c2ccc(CC(C)N)cn2)CC1. The van der Waals surface area contributed by atoms with Gasteiger partial charge in [-0.1, -0.05) is 26.3 Å². The Hall–Kier alpha value is -1.09. The first-order valence-corrected chi connectivity index (χ1v) is 7.48. The molecule has 1 fully saturated rings. The lowest BCUT2D eigenvalue weighted by Gasteiger charge is -2.39. The van der Waals surface area contributed by atoms with Crippen molar-refractivity contribution >= 4 is 5.82 Å². The minimum absolute atomic E-state index is 0.202. The third-order valence-corrected chi connectivity index (χ3v) is 4.51. The van der Waals surface area contributed by atoms with Crippen LogP contribution in [0.15, 0.2) is 18.3 Å². The molecule has 2 N–H and O–H groups in total. The van der Waals surface area contributed by atoms with Crippen LogP contribution in [0, 0.1) is 5.41 Å². The maximum absolute atomic E-state index is 5.81. The molecule has 1 aromatic rings. The fourth-order valence-electron chi connectivity index (χ4n) is 2.73. The van der Waals surface area contributed by atoms with E-state index in [0.29, 0.717) is 5.41 Å². The number of hydrogen-bond donors (Lipinski definition) is 1. The van der Waals surface area contributed by atoms with E-state index in [1.54, 1.807) is 0 Å². The molecule has 0 aliphatic carbocycles. The van der Waals surface area contributed by atoms with Crippen LogP contribution in [0.2, 0.25) is 0 Å². The zero-order valence-electron chi connectivity index (χ0n) is 12.5. The molecule has 106 valence electrons. The molecule has 3 heteroatoms. The van der Waals surface area contributed by atoms with Gasteiger partial charge in [0.05, 0.1) is 0 Å².